The number of aromatic carboxylic acids is 1. The van der Waals surface area contributed by atoms with Crippen LogP contribution >= 0.6 is 15.9 Å². The van der Waals surface area contributed by atoms with Crippen molar-refractivity contribution in [1.82, 2.24) is 9.78 Å². The van der Waals surface area contributed by atoms with E-state index in [-0.39, 0.29) is 5.69 Å². The number of benzene rings is 1. The summed E-state index contributed by atoms with van der Waals surface area (Å²) < 4.78 is 15.3. The van der Waals surface area contributed by atoms with E-state index in [0.717, 1.165) is 5.56 Å². The van der Waals surface area contributed by atoms with Crippen LogP contribution in [0.5, 0.6) is 0 Å². The summed E-state index contributed by atoms with van der Waals surface area (Å²) in [4.78, 5) is 10.9. The maximum absolute atomic E-state index is 13.5. The van der Waals surface area contributed by atoms with Crippen LogP contribution < -0.4 is 0 Å². The number of aryl methyl sites for hydroxylation is 2. The van der Waals surface area contributed by atoms with Gasteiger partial charge in [-0.25, -0.2) is 13.9 Å². The van der Waals surface area contributed by atoms with Gasteiger partial charge in [0.15, 0.2) is 5.69 Å². The van der Waals surface area contributed by atoms with Crippen LogP contribution in [0.25, 0.3) is 5.69 Å². The lowest BCUT2D eigenvalue weighted by molar-refractivity contribution is 0.0689. The molecule has 2 aromatic rings. The van der Waals surface area contributed by atoms with Crippen LogP contribution in [0.15, 0.2) is 22.8 Å². The first-order valence-corrected chi connectivity index (χ1v) is 5.95. The van der Waals surface area contributed by atoms with Gasteiger partial charge in [0.1, 0.15) is 5.82 Å². The molecule has 1 heterocycles. The number of nitrogens with zero attached hydrogens (tertiary/aromatic N) is 2. The minimum Gasteiger partial charge on any atom is -0.476 e. The predicted molar refractivity (Wildman–Crippen MR) is 67.7 cm³/mol. The molecular formula is C12H10BrFN2O2. The molecule has 2 rings (SSSR count). The number of hydrogen-bond donors (Lipinski definition) is 1. The molecule has 0 spiro atoms. The van der Waals surface area contributed by atoms with Gasteiger partial charge < -0.3 is 5.11 Å². The zero-order valence-electron chi connectivity index (χ0n) is 9.74. The largest absolute Gasteiger partial charge is 0.476 e. The number of carboxylic acids is 1. The molecule has 6 heteroatoms. The molecule has 0 aliphatic carbocycles. The van der Waals surface area contributed by atoms with Crippen LogP contribution in [-0.4, -0.2) is 20.9 Å². The fraction of sp³-hybridized carbons (Fsp3) is 0.167. The zero-order chi connectivity index (χ0) is 13.4. The summed E-state index contributed by atoms with van der Waals surface area (Å²) >= 11 is 3.10. The fourth-order valence-corrected chi connectivity index (χ4v) is 2.14. The summed E-state index contributed by atoms with van der Waals surface area (Å²) in [5.74, 6) is -1.51. The van der Waals surface area contributed by atoms with Gasteiger partial charge >= 0.3 is 5.97 Å². The van der Waals surface area contributed by atoms with Gasteiger partial charge in [0.2, 0.25) is 0 Å². The third-order valence-corrected chi connectivity index (χ3v) is 3.19. The Labute approximate surface area is 111 Å². The lowest BCUT2D eigenvalue weighted by atomic mass is 10.2. The van der Waals surface area contributed by atoms with Crippen molar-refractivity contribution >= 4 is 21.9 Å². The molecule has 0 fully saturated rings. The first-order valence-electron chi connectivity index (χ1n) is 5.15. The molecule has 0 radical (unpaired) electrons. The van der Waals surface area contributed by atoms with E-state index in [9.17, 15) is 9.18 Å². The lowest BCUT2D eigenvalue weighted by Crippen LogP contribution is -2.03. The number of hydrogen-bond acceptors (Lipinski definition) is 2. The highest BCUT2D eigenvalue weighted by Crippen LogP contribution is 2.23. The first kappa shape index (κ1) is 12.8. The summed E-state index contributed by atoms with van der Waals surface area (Å²) in [6, 6.07) is 2.94. The topological polar surface area (TPSA) is 55.1 Å². The third kappa shape index (κ3) is 2.15. The quantitative estimate of drug-likeness (QED) is 0.927. The number of carboxylic acid groups (broad SMARTS) is 1. The molecule has 1 aromatic carbocycles. The molecule has 0 bridgehead atoms. The normalized spacial score (nSPS) is 10.7. The molecule has 1 aromatic heterocycles. The van der Waals surface area contributed by atoms with Crippen molar-refractivity contribution in [2.45, 2.75) is 13.8 Å². The van der Waals surface area contributed by atoms with Gasteiger partial charge in [-0.1, -0.05) is 0 Å². The van der Waals surface area contributed by atoms with Crippen LogP contribution in [0.1, 0.15) is 21.6 Å². The van der Waals surface area contributed by atoms with Crippen molar-refractivity contribution in [2.24, 2.45) is 0 Å². The highest BCUT2D eigenvalue weighted by atomic mass is 79.9. The van der Waals surface area contributed by atoms with Crippen molar-refractivity contribution in [3.8, 4) is 5.69 Å². The van der Waals surface area contributed by atoms with E-state index in [2.05, 4.69) is 21.0 Å². The minimum absolute atomic E-state index is 0.0299. The van der Waals surface area contributed by atoms with E-state index in [1.54, 1.807) is 26.1 Å². The SMILES string of the molecule is Cc1cc(Br)c(F)cc1-n1cc(C)c(C(=O)O)n1. The molecule has 18 heavy (non-hydrogen) atoms. The van der Waals surface area contributed by atoms with E-state index in [1.165, 1.54) is 10.7 Å². The average Bonchev–Trinajstić information content (AvgIpc) is 2.65. The Bertz CT molecular complexity index is 637. The summed E-state index contributed by atoms with van der Waals surface area (Å²) in [7, 11) is 0. The highest BCUT2D eigenvalue weighted by Gasteiger charge is 2.15. The maximum atomic E-state index is 13.5. The molecule has 94 valence electrons. The second kappa shape index (κ2) is 4.53. The van der Waals surface area contributed by atoms with Crippen molar-refractivity contribution in [1.29, 1.82) is 0 Å². The predicted octanol–water partition coefficient (Wildman–Crippen LogP) is 3.09. The van der Waals surface area contributed by atoms with Gasteiger partial charge in [0.25, 0.3) is 0 Å². The van der Waals surface area contributed by atoms with Crippen LogP contribution in [0.2, 0.25) is 0 Å². The lowest BCUT2D eigenvalue weighted by Gasteiger charge is -2.07. The van der Waals surface area contributed by atoms with Gasteiger partial charge in [-0.2, -0.15) is 5.10 Å². The zero-order valence-corrected chi connectivity index (χ0v) is 11.3. The summed E-state index contributed by atoms with van der Waals surface area (Å²) in [5.41, 5.74) is 1.82. The molecule has 1 N–H and O–H groups in total. The van der Waals surface area contributed by atoms with Crippen molar-refractivity contribution in [2.75, 3.05) is 0 Å². The minimum atomic E-state index is -1.10. The maximum Gasteiger partial charge on any atom is 0.356 e. The fourth-order valence-electron chi connectivity index (χ4n) is 1.68. The molecule has 4 nitrogen and oxygen atoms in total. The molecule has 0 saturated heterocycles. The van der Waals surface area contributed by atoms with E-state index < -0.39 is 11.8 Å². The van der Waals surface area contributed by atoms with Gasteiger partial charge in [-0.05, 0) is 41.4 Å². The van der Waals surface area contributed by atoms with Crippen molar-refractivity contribution in [3.05, 3.63) is 45.4 Å². The van der Waals surface area contributed by atoms with E-state index in [1.807, 2.05) is 0 Å². The Hall–Kier alpha value is -1.69. The van der Waals surface area contributed by atoms with Crippen molar-refractivity contribution < 1.29 is 14.3 Å². The van der Waals surface area contributed by atoms with Gasteiger partial charge in [0, 0.05) is 17.8 Å². The van der Waals surface area contributed by atoms with Crippen LogP contribution in [0.3, 0.4) is 0 Å². The van der Waals surface area contributed by atoms with Crippen LogP contribution in [-0.2, 0) is 0 Å². The molecule has 0 amide bonds. The molecule has 0 saturated carbocycles. The molecule has 0 aliphatic heterocycles. The summed E-state index contributed by atoms with van der Waals surface area (Å²) in [6.45, 7) is 3.45. The second-order valence-electron chi connectivity index (χ2n) is 3.96. The first-order chi connectivity index (χ1) is 8.40. The van der Waals surface area contributed by atoms with Crippen molar-refractivity contribution in [3.63, 3.8) is 0 Å². The molecular weight excluding hydrogens is 303 g/mol. The van der Waals surface area contributed by atoms with Crippen LogP contribution in [0, 0.1) is 19.7 Å². The Morgan fingerprint density at radius 2 is 2.06 bits per heavy atom. The van der Waals surface area contributed by atoms with Gasteiger partial charge in [-0.15, -0.1) is 0 Å². The van der Waals surface area contributed by atoms with E-state index >= 15 is 0 Å². The average molecular weight is 313 g/mol. The Balaban J connectivity index is 2.59. The summed E-state index contributed by atoms with van der Waals surface area (Å²) in [6.07, 6.45) is 1.57. The highest BCUT2D eigenvalue weighted by molar-refractivity contribution is 9.10. The Morgan fingerprint density at radius 3 is 2.61 bits per heavy atom. The monoisotopic (exact) mass is 312 g/mol. The van der Waals surface area contributed by atoms with Gasteiger partial charge in [0.05, 0.1) is 10.2 Å². The van der Waals surface area contributed by atoms with E-state index in [0.29, 0.717) is 15.7 Å². The Morgan fingerprint density at radius 1 is 1.39 bits per heavy atom. The molecule has 0 unspecified atom stereocenters. The van der Waals surface area contributed by atoms with Crippen LogP contribution in [0.4, 0.5) is 4.39 Å². The second-order valence-corrected chi connectivity index (χ2v) is 4.82. The summed E-state index contributed by atoms with van der Waals surface area (Å²) in [5, 5.41) is 12.9. The number of carbonyl (C=O) groups is 1. The Kier molecular flexibility index (Phi) is 3.21. The number of rotatable bonds is 2. The number of aromatic nitrogens is 2. The smallest absolute Gasteiger partial charge is 0.356 e. The standard InChI is InChI=1S/C12H10BrFN2O2/c1-6-3-8(13)9(14)4-10(6)16-5-7(2)11(15-16)12(17)18/h3-5H,1-2H3,(H,17,18). The van der Waals surface area contributed by atoms with Gasteiger partial charge in [-0.3, -0.25) is 0 Å². The van der Waals surface area contributed by atoms with E-state index in [4.69, 9.17) is 5.11 Å². The third-order valence-electron chi connectivity index (χ3n) is 2.59. The molecule has 0 aliphatic rings. The number of halogens is 2. The molecule has 0 atom stereocenters.